The molecule has 150 valence electrons. The molecule has 1 heterocycles. The summed E-state index contributed by atoms with van der Waals surface area (Å²) in [4.78, 5) is 21.6. The highest BCUT2D eigenvalue weighted by molar-refractivity contribution is 5.87. The fourth-order valence-electron chi connectivity index (χ4n) is 3.29. The SMILES string of the molecule is C/C(=C(\CCO)c1ccc2cccc(F)c2c1)N(C=O)Cc1cnc(C)nc1N. The minimum absolute atomic E-state index is 0.107. The van der Waals surface area contributed by atoms with Crippen molar-refractivity contribution < 1.29 is 14.3 Å². The lowest BCUT2D eigenvalue weighted by Gasteiger charge is -2.23. The maximum absolute atomic E-state index is 14.2. The van der Waals surface area contributed by atoms with E-state index in [0.29, 0.717) is 41.1 Å². The van der Waals surface area contributed by atoms with Crippen LogP contribution in [0, 0.1) is 12.7 Å². The van der Waals surface area contributed by atoms with Gasteiger partial charge in [-0.25, -0.2) is 14.4 Å². The molecule has 29 heavy (non-hydrogen) atoms. The first-order valence-electron chi connectivity index (χ1n) is 9.23. The van der Waals surface area contributed by atoms with Gasteiger partial charge in [-0.05, 0) is 48.9 Å². The van der Waals surface area contributed by atoms with Crippen LogP contribution in [0.1, 0.15) is 30.3 Å². The van der Waals surface area contributed by atoms with Crippen molar-refractivity contribution in [2.45, 2.75) is 26.8 Å². The van der Waals surface area contributed by atoms with E-state index < -0.39 is 0 Å². The molecule has 0 bridgehead atoms. The van der Waals surface area contributed by atoms with Crippen LogP contribution >= 0.6 is 0 Å². The van der Waals surface area contributed by atoms with Crippen molar-refractivity contribution in [2.75, 3.05) is 12.3 Å². The van der Waals surface area contributed by atoms with Gasteiger partial charge in [0.15, 0.2) is 0 Å². The highest BCUT2D eigenvalue weighted by Gasteiger charge is 2.15. The molecule has 2 aromatic carbocycles. The standard InChI is InChI=1S/C22H23FN4O2/c1-14(27(13-29)12-18-11-25-15(2)26-22(18)24)19(8-9-28)17-7-6-16-4-3-5-21(23)20(16)10-17/h3-7,10-11,13,28H,8-9,12H2,1-2H3,(H2,24,25,26)/b19-14-. The van der Waals surface area contributed by atoms with Crippen molar-refractivity contribution in [1.29, 1.82) is 0 Å². The first kappa shape index (κ1) is 20.4. The van der Waals surface area contributed by atoms with E-state index in [-0.39, 0.29) is 19.0 Å². The molecule has 3 N–H and O–H groups in total. The van der Waals surface area contributed by atoms with Crippen LogP contribution in [0.2, 0.25) is 0 Å². The molecule has 3 rings (SSSR count). The Bertz CT molecular complexity index is 1080. The van der Waals surface area contributed by atoms with Crippen LogP contribution in [-0.2, 0) is 11.3 Å². The topological polar surface area (TPSA) is 92.3 Å². The van der Waals surface area contributed by atoms with Crippen molar-refractivity contribution in [3.8, 4) is 0 Å². The number of anilines is 1. The van der Waals surface area contributed by atoms with Crippen molar-refractivity contribution in [1.82, 2.24) is 14.9 Å². The molecule has 1 aromatic heterocycles. The average Bonchev–Trinajstić information content (AvgIpc) is 2.71. The Morgan fingerprint density at radius 2 is 2.10 bits per heavy atom. The molecule has 0 radical (unpaired) electrons. The minimum Gasteiger partial charge on any atom is -0.396 e. The number of nitrogen functional groups attached to an aromatic ring is 1. The van der Waals surface area contributed by atoms with Gasteiger partial charge in [0.2, 0.25) is 6.41 Å². The molecular weight excluding hydrogens is 371 g/mol. The summed E-state index contributed by atoms with van der Waals surface area (Å²) >= 11 is 0. The molecule has 3 aromatic rings. The molecule has 1 amide bonds. The number of aryl methyl sites for hydroxylation is 1. The first-order chi connectivity index (χ1) is 13.9. The number of aliphatic hydroxyl groups is 1. The van der Waals surface area contributed by atoms with E-state index in [2.05, 4.69) is 9.97 Å². The van der Waals surface area contributed by atoms with Gasteiger partial charge in [-0.1, -0.05) is 24.3 Å². The molecule has 0 spiro atoms. The Morgan fingerprint density at radius 1 is 1.31 bits per heavy atom. The van der Waals surface area contributed by atoms with E-state index >= 15 is 0 Å². The van der Waals surface area contributed by atoms with Gasteiger partial charge in [0.1, 0.15) is 17.5 Å². The number of allylic oxidation sites excluding steroid dienone is 1. The van der Waals surface area contributed by atoms with Gasteiger partial charge < -0.3 is 15.7 Å². The summed E-state index contributed by atoms with van der Waals surface area (Å²) < 4.78 is 14.2. The molecule has 0 saturated carbocycles. The molecule has 6 nitrogen and oxygen atoms in total. The fourth-order valence-corrected chi connectivity index (χ4v) is 3.29. The summed E-state index contributed by atoms with van der Waals surface area (Å²) in [5.74, 6) is 0.547. The number of fused-ring (bicyclic) bond motifs is 1. The zero-order valence-electron chi connectivity index (χ0n) is 16.4. The fraction of sp³-hybridized carbons (Fsp3) is 0.227. The van der Waals surface area contributed by atoms with Crippen LogP contribution in [0.25, 0.3) is 16.3 Å². The van der Waals surface area contributed by atoms with Gasteiger partial charge in [0.05, 0.1) is 6.54 Å². The zero-order chi connectivity index (χ0) is 21.0. The van der Waals surface area contributed by atoms with E-state index in [9.17, 15) is 14.3 Å². The number of amides is 1. The van der Waals surface area contributed by atoms with Crippen molar-refractivity contribution in [3.05, 3.63) is 71.1 Å². The van der Waals surface area contributed by atoms with Crippen LogP contribution in [-0.4, -0.2) is 33.0 Å². The minimum atomic E-state index is -0.317. The summed E-state index contributed by atoms with van der Waals surface area (Å²) in [5, 5.41) is 10.9. The molecule has 7 heteroatoms. The Kier molecular flexibility index (Phi) is 6.19. The van der Waals surface area contributed by atoms with Crippen LogP contribution in [0.4, 0.5) is 10.2 Å². The molecule has 0 aliphatic heterocycles. The summed E-state index contributed by atoms with van der Waals surface area (Å²) in [6, 6.07) is 10.3. The van der Waals surface area contributed by atoms with E-state index in [0.717, 1.165) is 16.5 Å². The van der Waals surface area contributed by atoms with Crippen molar-refractivity contribution in [2.24, 2.45) is 0 Å². The number of aliphatic hydroxyl groups excluding tert-OH is 1. The lowest BCUT2D eigenvalue weighted by Crippen LogP contribution is -2.22. The van der Waals surface area contributed by atoms with Crippen LogP contribution in [0.3, 0.4) is 0 Å². The number of hydrogen-bond donors (Lipinski definition) is 2. The highest BCUT2D eigenvalue weighted by atomic mass is 19.1. The van der Waals surface area contributed by atoms with Gasteiger partial charge in [-0.2, -0.15) is 0 Å². The predicted molar refractivity (Wildman–Crippen MR) is 111 cm³/mol. The number of hydrogen-bond acceptors (Lipinski definition) is 5. The Hall–Kier alpha value is -3.32. The lowest BCUT2D eigenvalue weighted by molar-refractivity contribution is -0.116. The molecular formula is C22H23FN4O2. The smallest absolute Gasteiger partial charge is 0.214 e. The van der Waals surface area contributed by atoms with E-state index in [1.807, 2.05) is 18.2 Å². The van der Waals surface area contributed by atoms with E-state index in [1.165, 1.54) is 11.0 Å². The number of aromatic nitrogens is 2. The second-order valence-electron chi connectivity index (χ2n) is 6.77. The normalized spacial score (nSPS) is 12.0. The summed E-state index contributed by atoms with van der Waals surface area (Å²) in [5.41, 5.74) is 8.71. The lowest BCUT2D eigenvalue weighted by atomic mass is 9.97. The Balaban J connectivity index is 2.04. The second kappa shape index (κ2) is 8.79. The largest absolute Gasteiger partial charge is 0.396 e. The van der Waals surface area contributed by atoms with Gasteiger partial charge in [0, 0.05) is 29.5 Å². The third-order valence-electron chi connectivity index (χ3n) is 4.89. The summed E-state index contributed by atoms with van der Waals surface area (Å²) in [6.07, 6.45) is 2.61. The first-order valence-corrected chi connectivity index (χ1v) is 9.23. The molecule has 0 saturated heterocycles. The maximum atomic E-state index is 14.2. The van der Waals surface area contributed by atoms with E-state index in [4.69, 9.17) is 5.73 Å². The Morgan fingerprint density at radius 3 is 2.79 bits per heavy atom. The summed E-state index contributed by atoms with van der Waals surface area (Å²) in [6.45, 7) is 3.61. The number of halogens is 1. The van der Waals surface area contributed by atoms with Gasteiger partial charge >= 0.3 is 0 Å². The van der Waals surface area contributed by atoms with Crippen LogP contribution < -0.4 is 5.73 Å². The molecule has 0 fully saturated rings. The number of nitrogens with zero attached hydrogens (tertiary/aromatic N) is 3. The number of carbonyl (C=O) groups excluding carboxylic acids is 1. The third kappa shape index (κ3) is 4.41. The monoisotopic (exact) mass is 394 g/mol. The van der Waals surface area contributed by atoms with E-state index in [1.54, 1.807) is 32.2 Å². The maximum Gasteiger partial charge on any atom is 0.214 e. The highest BCUT2D eigenvalue weighted by Crippen LogP contribution is 2.29. The van der Waals surface area contributed by atoms with Gasteiger partial charge in [-0.15, -0.1) is 0 Å². The number of carbonyl (C=O) groups is 1. The second-order valence-corrected chi connectivity index (χ2v) is 6.77. The van der Waals surface area contributed by atoms with Crippen LogP contribution in [0.5, 0.6) is 0 Å². The number of nitrogens with two attached hydrogens (primary N) is 1. The zero-order valence-corrected chi connectivity index (χ0v) is 16.4. The summed E-state index contributed by atoms with van der Waals surface area (Å²) in [7, 11) is 0. The third-order valence-corrected chi connectivity index (χ3v) is 4.89. The molecule has 0 unspecified atom stereocenters. The number of benzene rings is 2. The van der Waals surface area contributed by atoms with Crippen molar-refractivity contribution in [3.63, 3.8) is 0 Å². The molecule has 0 aliphatic carbocycles. The quantitative estimate of drug-likeness (QED) is 0.599. The molecule has 0 atom stereocenters. The predicted octanol–water partition coefficient (Wildman–Crippen LogP) is 3.43. The van der Waals surface area contributed by atoms with Crippen molar-refractivity contribution >= 4 is 28.6 Å². The van der Waals surface area contributed by atoms with Gasteiger partial charge in [0.25, 0.3) is 0 Å². The molecule has 0 aliphatic rings. The average molecular weight is 394 g/mol. The van der Waals surface area contributed by atoms with Crippen LogP contribution in [0.15, 0.2) is 48.3 Å². The Labute approximate surface area is 168 Å². The van der Waals surface area contributed by atoms with Gasteiger partial charge in [-0.3, -0.25) is 4.79 Å². The number of rotatable bonds is 7.